The average molecular weight is 525 g/mol. The zero-order valence-electron chi connectivity index (χ0n) is 21.5. The van der Waals surface area contributed by atoms with Crippen LogP contribution in [0, 0.1) is 0 Å². The fourth-order valence-electron chi connectivity index (χ4n) is 5.50. The molecule has 2 fully saturated rings. The van der Waals surface area contributed by atoms with Crippen molar-refractivity contribution in [2.75, 3.05) is 50.5 Å². The minimum absolute atomic E-state index is 0.0102. The van der Waals surface area contributed by atoms with Gasteiger partial charge in [0.05, 0.1) is 30.5 Å². The molecule has 1 unspecified atom stereocenters. The fraction of sp³-hybridized carbons (Fsp3) is 0.520. The normalized spacial score (nSPS) is 19.8. The molecule has 2 aliphatic heterocycles. The third-order valence-electron chi connectivity index (χ3n) is 7.40. The Hall–Kier alpha value is -3.09. The molecule has 6 rings (SSSR count). The first-order chi connectivity index (χ1) is 17.8. The van der Waals surface area contributed by atoms with Crippen LogP contribution in [0.25, 0.3) is 28.1 Å². The minimum atomic E-state index is -3.26. The van der Waals surface area contributed by atoms with Crippen molar-refractivity contribution in [3.63, 3.8) is 0 Å². The molecular weight excluding hydrogens is 492 g/mol. The highest BCUT2D eigenvalue weighted by molar-refractivity contribution is 7.88. The van der Waals surface area contributed by atoms with Gasteiger partial charge in [-0.2, -0.15) is 9.97 Å². The van der Waals surface area contributed by atoms with Crippen molar-refractivity contribution in [2.24, 2.45) is 7.05 Å². The van der Waals surface area contributed by atoms with Crippen LogP contribution < -0.4 is 4.90 Å². The highest BCUT2D eigenvalue weighted by atomic mass is 32.2. The quantitative estimate of drug-likeness (QED) is 0.391. The molecule has 0 N–H and O–H groups in total. The van der Waals surface area contributed by atoms with Gasteiger partial charge in [0.25, 0.3) is 0 Å². The molecule has 5 heterocycles. The van der Waals surface area contributed by atoms with Gasteiger partial charge < -0.3 is 14.2 Å². The van der Waals surface area contributed by atoms with Crippen molar-refractivity contribution < 1.29 is 13.2 Å². The molecule has 4 aromatic rings. The van der Waals surface area contributed by atoms with Gasteiger partial charge in [-0.05, 0) is 25.0 Å². The van der Waals surface area contributed by atoms with Crippen molar-refractivity contribution in [2.45, 2.75) is 32.1 Å². The Bertz CT molecular complexity index is 1570. The molecule has 0 saturated carbocycles. The summed E-state index contributed by atoms with van der Waals surface area (Å²) < 4.78 is 35.8. The monoisotopic (exact) mass is 524 g/mol. The molecule has 0 bridgehead atoms. The van der Waals surface area contributed by atoms with E-state index in [2.05, 4.69) is 11.8 Å². The number of benzene rings is 1. The summed E-state index contributed by atoms with van der Waals surface area (Å²) in [5.41, 5.74) is 3.34. The molecule has 0 aliphatic carbocycles. The number of para-hydroxylation sites is 2. The smallest absolute Gasteiger partial charge is 0.239 e. The fourth-order valence-corrected chi connectivity index (χ4v) is 6.42. The first kappa shape index (κ1) is 24.3. The highest BCUT2D eigenvalue weighted by Crippen LogP contribution is 2.33. The second kappa shape index (κ2) is 9.34. The molecule has 11 nitrogen and oxygen atoms in total. The molecule has 2 aliphatic rings. The number of imidazole rings is 2. The molecule has 2 saturated heterocycles. The van der Waals surface area contributed by atoms with E-state index in [0.717, 1.165) is 58.9 Å². The van der Waals surface area contributed by atoms with Crippen molar-refractivity contribution in [1.29, 1.82) is 0 Å². The SMILES string of the molecule is CCc1nc2ccccc2n1-c1nc(N2CCOCC2)c2nc(C3CCCN(S(C)(=O)=O)C3)n(C)c2n1. The Morgan fingerprint density at radius 2 is 1.84 bits per heavy atom. The first-order valence-corrected chi connectivity index (χ1v) is 14.7. The lowest BCUT2D eigenvalue weighted by molar-refractivity contribution is 0.122. The van der Waals surface area contributed by atoms with Crippen LogP contribution in [-0.4, -0.2) is 87.4 Å². The van der Waals surface area contributed by atoms with Gasteiger partial charge in [-0.3, -0.25) is 4.57 Å². The molecule has 1 atom stereocenters. The molecule has 0 spiro atoms. The van der Waals surface area contributed by atoms with Crippen LogP contribution in [0.4, 0.5) is 5.82 Å². The second-order valence-corrected chi connectivity index (χ2v) is 11.8. The molecular formula is C25H32N8O3S. The van der Waals surface area contributed by atoms with Gasteiger partial charge in [-0.15, -0.1) is 0 Å². The predicted octanol–water partition coefficient (Wildman–Crippen LogP) is 2.24. The van der Waals surface area contributed by atoms with Gasteiger partial charge in [0.1, 0.15) is 11.6 Å². The number of ether oxygens (including phenoxy) is 1. The zero-order valence-corrected chi connectivity index (χ0v) is 22.3. The van der Waals surface area contributed by atoms with E-state index in [1.54, 1.807) is 4.31 Å². The summed E-state index contributed by atoms with van der Waals surface area (Å²) in [6, 6.07) is 8.03. The lowest BCUT2D eigenvalue weighted by Crippen LogP contribution is -2.39. The van der Waals surface area contributed by atoms with E-state index < -0.39 is 10.0 Å². The lowest BCUT2D eigenvalue weighted by atomic mass is 9.99. The topological polar surface area (TPSA) is 111 Å². The van der Waals surface area contributed by atoms with Crippen molar-refractivity contribution in [3.05, 3.63) is 35.9 Å². The number of aromatic nitrogens is 6. The second-order valence-electron chi connectivity index (χ2n) is 9.81. The number of aryl methyl sites for hydroxylation is 2. The Morgan fingerprint density at radius 3 is 2.59 bits per heavy atom. The number of rotatable bonds is 5. The number of morpholine rings is 1. The van der Waals surface area contributed by atoms with Crippen molar-refractivity contribution in [1.82, 2.24) is 33.4 Å². The Labute approximate surface area is 216 Å². The summed E-state index contributed by atoms with van der Waals surface area (Å²) in [5.74, 6) is 3.07. The van der Waals surface area contributed by atoms with Crippen LogP contribution in [0.1, 0.15) is 37.3 Å². The summed E-state index contributed by atoms with van der Waals surface area (Å²) in [7, 11) is -1.29. The van der Waals surface area contributed by atoms with E-state index in [1.165, 1.54) is 6.26 Å². The van der Waals surface area contributed by atoms with Crippen LogP contribution in [0.15, 0.2) is 24.3 Å². The molecule has 0 radical (unpaired) electrons. The maximum Gasteiger partial charge on any atom is 0.239 e. The van der Waals surface area contributed by atoms with Gasteiger partial charge in [0, 0.05) is 45.6 Å². The standard InChI is InChI=1S/C25H32N8O3S/c1-4-20-26-18-9-5-6-10-19(18)33(20)25-28-23-21(24(29-25)31-12-14-36-15-13-31)27-22(30(23)2)17-8-7-11-32(16-17)37(3,34)35/h5-6,9-10,17H,4,7-8,11-16H2,1-3H3. The van der Waals surface area contributed by atoms with Crippen LogP contribution in [0.3, 0.4) is 0 Å². The summed E-state index contributed by atoms with van der Waals surface area (Å²) in [5, 5.41) is 0. The van der Waals surface area contributed by atoms with Crippen LogP contribution in [-0.2, 0) is 28.2 Å². The maximum atomic E-state index is 12.3. The van der Waals surface area contributed by atoms with E-state index in [1.807, 2.05) is 40.4 Å². The molecule has 3 aromatic heterocycles. The van der Waals surface area contributed by atoms with Gasteiger partial charge >= 0.3 is 0 Å². The largest absolute Gasteiger partial charge is 0.378 e. The van der Waals surface area contributed by atoms with E-state index in [-0.39, 0.29) is 5.92 Å². The molecule has 1 aromatic carbocycles. The zero-order chi connectivity index (χ0) is 25.7. The Kier molecular flexibility index (Phi) is 6.12. The minimum Gasteiger partial charge on any atom is -0.378 e. The number of hydrogen-bond donors (Lipinski definition) is 0. The first-order valence-electron chi connectivity index (χ1n) is 12.8. The predicted molar refractivity (Wildman–Crippen MR) is 142 cm³/mol. The third kappa shape index (κ3) is 4.26. The number of hydrogen-bond acceptors (Lipinski definition) is 8. The summed E-state index contributed by atoms with van der Waals surface area (Å²) >= 11 is 0. The Balaban J connectivity index is 1.54. The highest BCUT2D eigenvalue weighted by Gasteiger charge is 2.31. The molecule has 196 valence electrons. The van der Waals surface area contributed by atoms with Gasteiger partial charge in [0.15, 0.2) is 17.0 Å². The summed E-state index contributed by atoms with van der Waals surface area (Å²) in [6.07, 6.45) is 3.69. The van der Waals surface area contributed by atoms with Crippen LogP contribution >= 0.6 is 0 Å². The summed E-state index contributed by atoms with van der Waals surface area (Å²) in [4.78, 5) is 22.2. The number of fused-ring (bicyclic) bond motifs is 2. The number of anilines is 1. The van der Waals surface area contributed by atoms with Gasteiger partial charge in [-0.25, -0.2) is 22.7 Å². The molecule has 12 heteroatoms. The maximum absolute atomic E-state index is 12.3. The average Bonchev–Trinajstić information content (AvgIpc) is 3.46. The van der Waals surface area contributed by atoms with E-state index in [0.29, 0.717) is 45.3 Å². The Morgan fingerprint density at radius 1 is 1.05 bits per heavy atom. The lowest BCUT2D eigenvalue weighted by Gasteiger charge is -2.30. The van der Waals surface area contributed by atoms with Crippen molar-refractivity contribution >= 4 is 38.0 Å². The van der Waals surface area contributed by atoms with Crippen molar-refractivity contribution in [3.8, 4) is 5.95 Å². The molecule has 0 amide bonds. The number of nitrogens with zero attached hydrogens (tertiary/aromatic N) is 8. The van der Waals surface area contributed by atoms with Gasteiger partial charge in [0.2, 0.25) is 16.0 Å². The summed E-state index contributed by atoms with van der Waals surface area (Å²) in [6.45, 7) is 5.74. The number of sulfonamides is 1. The van der Waals surface area contributed by atoms with Gasteiger partial charge in [-0.1, -0.05) is 19.1 Å². The van der Waals surface area contributed by atoms with Crippen LogP contribution in [0.2, 0.25) is 0 Å². The van der Waals surface area contributed by atoms with Crippen LogP contribution in [0.5, 0.6) is 0 Å². The number of piperidine rings is 1. The molecule has 37 heavy (non-hydrogen) atoms. The van der Waals surface area contributed by atoms with E-state index in [4.69, 9.17) is 24.7 Å². The van der Waals surface area contributed by atoms with E-state index in [9.17, 15) is 8.42 Å². The third-order valence-corrected chi connectivity index (χ3v) is 8.67. The van der Waals surface area contributed by atoms with E-state index >= 15 is 0 Å².